The highest BCUT2D eigenvalue weighted by Gasteiger charge is 2.57. The van der Waals surface area contributed by atoms with E-state index < -0.39 is 5.60 Å². The summed E-state index contributed by atoms with van der Waals surface area (Å²) in [6, 6.07) is 21.1. The summed E-state index contributed by atoms with van der Waals surface area (Å²) in [6.07, 6.45) is 5.87. The van der Waals surface area contributed by atoms with Gasteiger partial charge < -0.3 is 9.84 Å². The van der Waals surface area contributed by atoms with Gasteiger partial charge in [0.05, 0.1) is 11.2 Å². The molecule has 0 saturated heterocycles. The van der Waals surface area contributed by atoms with E-state index in [2.05, 4.69) is 0 Å². The summed E-state index contributed by atoms with van der Waals surface area (Å²) in [7, 11) is 0. The molecule has 0 unspecified atom stereocenters. The number of fused-ring (bicyclic) bond motifs is 1. The molecule has 3 aromatic carbocycles. The summed E-state index contributed by atoms with van der Waals surface area (Å²) >= 11 is 0. The van der Waals surface area contributed by atoms with Gasteiger partial charge in [-0.15, -0.1) is 0 Å². The van der Waals surface area contributed by atoms with Gasteiger partial charge in [-0.1, -0.05) is 48.5 Å². The molecule has 0 spiro atoms. The first-order valence-electron chi connectivity index (χ1n) is 11.1. The van der Waals surface area contributed by atoms with Crippen molar-refractivity contribution in [1.82, 2.24) is 0 Å². The van der Waals surface area contributed by atoms with Gasteiger partial charge in [-0.2, -0.15) is 0 Å². The second-order valence-electron chi connectivity index (χ2n) is 9.57. The van der Waals surface area contributed by atoms with Crippen LogP contribution < -0.4 is 4.74 Å². The molecule has 3 nitrogen and oxygen atoms in total. The van der Waals surface area contributed by atoms with Crippen molar-refractivity contribution in [1.29, 1.82) is 0 Å². The van der Waals surface area contributed by atoms with E-state index in [9.17, 15) is 9.90 Å². The minimum absolute atomic E-state index is 0.331. The van der Waals surface area contributed by atoms with Crippen LogP contribution in [-0.4, -0.2) is 11.1 Å². The molecule has 3 heteroatoms. The molecular weight excluding hydrogens is 372 g/mol. The van der Waals surface area contributed by atoms with Crippen molar-refractivity contribution in [2.45, 2.75) is 37.7 Å². The Morgan fingerprint density at radius 2 is 1.50 bits per heavy atom. The summed E-state index contributed by atoms with van der Waals surface area (Å²) in [5.41, 5.74) is 0.696. The molecule has 1 N–H and O–H groups in total. The second kappa shape index (κ2) is 6.68. The fourth-order valence-corrected chi connectivity index (χ4v) is 6.75. The second-order valence-corrected chi connectivity index (χ2v) is 9.57. The molecule has 0 amide bonds. The normalized spacial score (nSPS) is 31.8. The molecule has 4 aliphatic carbocycles. The van der Waals surface area contributed by atoms with Gasteiger partial charge in [-0.05, 0) is 90.3 Å². The zero-order valence-corrected chi connectivity index (χ0v) is 17.0. The smallest absolute Gasteiger partial charge is 0.344 e. The number of hydrogen-bond acceptors (Lipinski definition) is 3. The zero-order chi connectivity index (χ0) is 20.3. The molecule has 30 heavy (non-hydrogen) atoms. The molecule has 152 valence electrons. The van der Waals surface area contributed by atoms with Gasteiger partial charge in [0, 0.05) is 0 Å². The first kappa shape index (κ1) is 18.1. The number of rotatable bonds is 3. The SMILES string of the molecule is O=C(Oc1cccc(C2(O)C3CC4CC(C3)CC2C4)c1)c1cccc2ccccc12. The van der Waals surface area contributed by atoms with Crippen LogP contribution in [-0.2, 0) is 5.60 Å². The number of carbonyl (C=O) groups excluding carboxylic acids is 1. The van der Waals surface area contributed by atoms with Gasteiger partial charge in [-0.25, -0.2) is 4.79 Å². The number of esters is 1. The predicted molar refractivity (Wildman–Crippen MR) is 116 cm³/mol. The highest BCUT2D eigenvalue weighted by molar-refractivity contribution is 6.05. The topological polar surface area (TPSA) is 46.5 Å². The first-order valence-corrected chi connectivity index (χ1v) is 11.1. The number of carbonyl (C=O) groups is 1. The third-order valence-corrected chi connectivity index (χ3v) is 7.90. The lowest BCUT2D eigenvalue weighted by molar-refractivity contribution is -0.179. The maximum absolute atomic E-state index is 13.0. The van der Waals surface area contributed by atoms with E-state index in [1.807, 2.05) is 60.7 Å². The molecule has 0 aliphatic heterocycles. The van der Waals surface area contributed by atoms with Crippen LogP contribution in [0.25, 0.3) is 10.8 Å². The van der Waals surface area contributed by atoms with Crippen LogP contribution in [0.2, 0.25) is 0 Å². The molecule has 4 aliphatic rings. The Morgan fingerprint density at radius 1 is 0.833 bits per heavy atom. The van der Waals surface area contributed by atoms with Gasteiger partial charge in [0.2, 0.25) is 0 Å². The van der Waals surface area contributed by atoms with Crippen LogP contribution in [0, 0.1) is 23.7 Å². The lowest BCUT2D eigenvalue weighted by atomic mass is 9.48. The fourth-order valence-electron chi connectivity index (χ4n) is 6.75. The van der Waals surface area contributed by atoms with Crippen molar-refractivity contribution < 1.29 is 14.6 Å². The van der Waals surface area contributed by atoms with Gasteiger partial charge in [-0.3, -0.25) is 0 Å². The highest BCUT2D eigenvalue weighted by Crippen LogP contribution is 2.61. The third kappa shape index (κ3) is 2.72. The molecule has 0 aromatic heterocycles. The van der Waals surface area contributed by atoms with E-state index in [1.54, 1.807) is 6.07 Å². The van der Waals surface area contributed by atoms with Crippen LogP contribution in [0.4, 0.5) is 0 Å². The van der Waals surface area contributed by atoms with Gasteiger partial charge in [0.15, 0.2) is 0 Å². The molecule has 4 saturated carbocycles. The Hall–Kier alpha value is -2.65. The van der Waals surface area contributed by atoms with Crippen molar-refractivity contribution in [3.63, 3.8) is 0 Å². The molecule has 4 fully saturated rings. The molecule has 4 bridgehead atoms. The average molecular weight is 399 g/mol. The summed E-state index contributed by atoms with van der Waals surface area (Å²) in [4.78, 5) is 13.0. The number of benzene rings is 3. The number of ether oxygens (including phenoxy) is 1. The lowest BCUT2D eigenvalue weighted by Crippen LogP contribution is -2.55. The minimum Gasteiger partial charge on any atom is -0.423 e. The van der Waals surface area contributed by atoms with Crippen molar-refractivity contribution in [2.24, 2.45) is 23.7 Å². The zero-order valence-electron chi connectivity index (χ0n) is 17.0. The summed E-state index contributed by atoms with van der Waals surface area (Å²) in [6.45, 7) is 0. The van der Waals surface area contributed by atoms with E-state index >= 15 is 0 Å². The Labute approximate surface area is 176 Å². The maximum atomic E-state index is 13.0. The van der Waals surface area contributed by atoms with Crippen LogP contribution >= 0.6 is 0 Å². The van der Waals surface area contributed by atoms with E-state index in [0.717, 1.165) is 53.9 Å². The van der Waals surface area contributed by atoms with E-state index in [4.69, 9.17) is 4.74 Å². The Morgan fingerprint density at radius 3 is 2.27 bits per heavy atom. The Bertz CT molecular complexity index is 1100. The van der Waals surface area contributed by atoms with Gasteiger partial charge in [0.25, 0.3) is 0 Å². The van der Waals surface area contributed by atoms with Crippen LogP contribution in [0.3, 0.4) is 0 Å². The highest BCUT2D eigenvalue weighted by atomic mass is 16.5. The molecule has 7 rings (SSSR count). The van der Waals surface area contributed by atoms with Crippen molar-refractivity contribution >= 4 is 16.7 Å². The Balaban J connectivity index is 1.31. The maximum Gasteiger partial charge on any atom is 0.344 e. The molecule has 0 atom stereocenters. The van der Waals surface area contributed by atoms with E-state index in [0.29, 0.717) is 23.1 Å². The molecule has 3 aromatic rings. The molecular formula is C27H26O3. The third-order valence-electron chi connectivity index (χ3n) is 7.90. The molecule has 0 heterocycles. The number of aliphatic hydroxyl groups is 1. The van der Waals surface area contributed by atoms with Crippen LogP contribution in [0.15, 0.2) is 66.7 Å². The average Bonchev–Trinajstić information content (AvgIpc) is 2.76. The predicted octanol–water partition coefficient (Wildman–Crippen LogP) is 5.70. The van der Waals surface area contributed by atoms with Crippen LogP contribution in [0.1, 0.15) is 48.0 Å². The van der Waals surface area contributed by atoms with Gasteiger partial charge in [0.1, 0.15) is 5.75 Å². The van der Waals surface area contributed by atoms with Crippen molar-refractivity contribution in [3.8, 4) is 5.75 Å². The minimum atomic E-state index is -0.782. The fraction of sp³-hybridized carbons (Fsp3) is 0.370. The van der Waals surface area contributed by atoms with Crippen molar-refractivity contribution in [3.05, 3.63) is 77.9 Å². The van der Waals surface area contributed by atoms with Crippen molar-refractivity contribution in [2.75, 3.05) is 0 Å². The van der Waals surface area contributed by atoms with Gasteiger partial charge >= 0.3 is 5.97 Å². The quantitative estimate of drug-likeness (QED) is 0.454. The largest absolute Gasteiger partial charge is 0.423 e. The summed E-state index contributed by atoms with van der Waals surface area (Å²) in [5, 5.41) is 13.7. The van der Waals surface area contributed by atoms with Crippen LogP contribution in [0.5, 0.6) is 5.75 Å². The summed E-state index contributed by atoms with van der Waals surface area (Å²) in [5.74, 6) is 2.39. The monoisotopic (exact) mass is 398 g/mol. The van der Waals surface area contributed by atoms with E-state index in [-0.39, 0.29) is 5.97 Å². The first-order chi connectivity index (χ1) is 14.6. The Kier molecular flexibility index (Phi) is 4.04. The molecule has 0 radical (unpaired) electrons. The standard InChI is InChI=1S/C27H26O3/c28-26(25-10-3-6-19-5-1-2-9-24(19)25)30-23-8-4-7-20(16-23)27(29)21-12-17-11-18(14-21)15-22(27)13-17/h1-10,16-18,21-22,29H,11-15H2. The summed E-state index contributed by atoms with van der Waals surface area (Å²) < 4.78 is 5.79. The number of hydrogen-bond donors (Lipinski definition) is 1. The van der Waals surface area contributed by atoms with E-state index in [1.165, 1.54) is 6.42 Å². The lowest BCUT2D eigenvalue weighted by Gasteiger charge is -2.59.